The van der Waals surface area contributed by atoms with Gasteiger partial charge in [-0.3, -0.25) is 4.79 Å². The molecule has 0 spiro atoms. The van der Waals surface area contributed by atoms with E-state index in [4.69, 9.17) is 0 Å². The van der Waals surface area contributed by atoms with Crippen molar-refractivity contribution in [3.05, 3.63) is 21.9 Å². The number of thiophene rings is 1. The monoisotopic (exact) mass is 308 g/mol. The molecule has 2 rings (SSSR count). The molecule has 0 bridgehead atoms. The molecule has 1 heterocycles. The van der Waals surface area contributed by atoms with Crippen LogP contribution in [0.3, 0.4) is 0 Å². The summed E-state index contributed by atoms with van der Waals surface area (Å²) in [6.07, 6.45) is 8.94. The Kier molecular flexibility index (Phi) is 6.71. The fourth-order valence-electron chi connectivity index (χ4n) is 3.03. The van der Waals surface area contributed by atoms with Crippen molar-refractivity contribution < 1.29 is 4.79 Å². The topological polar surface area (TPSA) is 32.3 Å². The zero-order chi connectivity index (χ0) is 15.1. The number of amides is 1. The smallest absolute Gasteiger partial charge is 0.252 e. The molecule has 1 aliphatic rings. The van der Waals surface area contributed by atoms with Crippen LogP contribution in [-0.4, -0.2) is 37.0 Å². The van der Waals surface area contributed by atoms with E-state index in [1.54, 1.807) is 11.3 Å². The minimum atomic E-state index is 0.0747. The number of aryl methyl sites for hydroxylation is 1. The molecule has 0 unspecified atom stereocenters. The van der Waals surface area contributed by atoms with Crippen molar-refractivity contribution in [1.29, 1.82) is 0 Å². The van der Waals surface area contributed by atoms with Crippen LogP contribution < -0.4 is 5.32 Å². The van der Waals surface area contributed by atoms with Crippen LogP contribution in [0.1, 0.15) is 60.7 Å². The lowest BCUT2D eigenvalue weighted by molar-refractivity contribution is 0.0945. The fraction of sp³-hybridized carbons (Fsp3) is 0.706. The minimum Gasteiger partial charge on any atom is -0.351 e. The third-order valence-corrected chi connectivity index (χ3v) is 5.36. The van der Waals surface area contributed by atoms with Gasteiger partial charge in [-0.25, -0.2) is 0 Å². The second kappa shape index (κ2) is 8.54. The van der Waals surface area contributed by atoms with Gasteiger partial charge in [0, 0.05) is 29.4 Å². The highest BCUT2D eigenvalue weighted by Crippen LogP contribution is 2.21. The number of carbonyl (C=O) groups is 1. The van der Waals surface area contributed by atoms with Gasteiger partial charge in [-0.1, -0.05) is 32.6 Å². The van der Waals surface area contributed by atoms with E-state index in [1.165, 1.54) is 37.0 Å². The highest BCUT2D eigenvalue weighted by molar-refractivity contribution is 7.10. The number of likely N-dealkylation sites (N-methyl/N-ethyl adjacent to an activating group) is 1. The summed E-state index contributed by atoms with van der Waals surface area (Å²) in [5, 5.41) is 5.03. The normalized spacial score (nSPS) is 16.3. The SMILES string of the molecule is CCCc1cc(C(=O)NCCN(C)C2CCCCC2)cs1. The summed E-state index contributed by atoms with van der Waals surface area (Å²) in [7, 11) is 2.19. The van der Waals surface area contributed by atoms with Crippen LogP contribution in [0.25, 0.3) is 0 Å². The van der Waals surface area contributed by atoms with Gasteiger partial charge in [-0.05, 0) is 32.4 Å². The van der Waals surface area contributed by atoms with Gasteiger partial charge in [-0.2, -0.15) is 0 Å². The van der Waals surface area contributed by atoms with Gasteiger partial charge in [0.15, 0.2) is 0 Å². The third kappa shape index (κ3) is 5.11. The number of hydrogen-bond donors (Lipinski definition) is 1. The van der Waals surface area contributed by atoms with Crippen LogP contribution in [0, 0.1) is 0 Å². The molecular formula is C17H28N2OS. The highest BCUT2D eigenvalue weighted by atomic mass is 32.1. The molecule has 0 saturated heterocycles. The van der Waals surface area contributed by atoms with Crippen LogP contribution >= 0.6 is 11.3 Å². The standard InChI is InChI=1S/C17H28N2OS/c1-3-7-16-12-14(13-21-16)17(20)18-10-11-19(2)15-8-5-4-6-9-15/h12-13,15H,3-11H2,1-2H3,(H,18,20). The molecule has 3 nitrogen and oxygen atoms in total. The fourth-order valence-corrected chi connectivity index (χ4v) is 4.00. The molecule has 1 aliphatic carbocycles. The van der Waals surface area contributed by atoms with E-state index in [-0.39, 0.29) is 5.91 Å². The number of nitrogens with zero attached hydrogens (tertiary/aromatic N) is 1. The molecule has 1 aromatic rings. The van der Waals surface area contributed by atoms with E-state index in [1.807, 2.05) is 11.4 Å². The molecule has 4 heteroatoms. The van der Waals surface area contributed by atoms with Gasteiger partial charge < -0.3 is 10.2 Å². The van der Waals surface area contributed by atoms with Gasteiger partial charge in [0.2, 0.25) is 0 Å². The molecule has 0 atom stereocenters. The Morgan fingerprint density at radius 3 is 2.86 bits per heavy atom. The second-order valence-corrected chi connectivity index (χ2v) is 7.08. The molecule has 1 aromatic heterocycles. The van der Waals surface area contributed by atoms with Crippen molar-refractivity contribution in [3.8, 4) is 0 Å². The summed E-state index contributed by atoms with van der Waals surface area (Å²) in [5.74, 6) is 0.0747. The average molecular weight is 308 g/mol. The molecule has 1 N–H and O–H groups in total. The Labute approximate surface area is 132 Å². The van der Waals surface area contributed by atoms with Gasteiger partial charge in [0.1, 0.15) is 0 Å². The van der Waals surface area contributed by atoms with E-state index in [0.29, 0.717) is 6.04 Å². The molecule has 0 aliphatic heterocycles. The van der Waals surface area contributed by atoms with Gasteiger partial charge in [0.05, 0.1) is 5.56 Å². The molecular weight excluding hydrogens is 280 g/mol. The van der Waals surface area contributed by atoms with Crippen molar-refractivity contribution in [1.82, 2.24) is 10.2 Å². The zero-order valence-electron chi connectivity index (χ0n) is 13.4. The molecule has 0 aromatic carbocycles. The maximum atomic E-state index is 12.1. The van der Waals surface area contributed by atoms with E-state index in [9.17, 15) is 4.79 Å². The Morgan fingerprint density at radius 2 is 2.14 bits per heavy atom. The van der Waals surface area contributed by atoms with Crippen molar-refractivity contribution in [2.45, 2.75) is 57.9 Å². The predicted molar refractivity (Wildman–Crippen MR) is 90.2 cm³/mol. The van der Waals surface area contributed by atoms with E-state index in [0.717, 1.165) is 31.5 Å². The number of hydrogen-bond acceptors (Lipinski definition) is 3. The van der Waals surface area contributed by atoms with Crippen LogP contribution in [0.4, 0.5) is 0 Å². The van der Waals surface area contributed by atoms with Crippen LogP contribution in [0.5, 0.6) is 0 Å². The van der Waals surface area contributed by atoms with Crippen molar-refractivity contribution in [2.75, 3.05) is 20.1 Å². The first-order chi connectivity index (χ1) is 10.2. The first-order valence-electron chi connectivity index (χ1n) is 8.26. The average Bonchev–Trinajstić information content (AvgIpc) is 2.97. The predicted octanol–water partition coefficient (Wildman–Crippen LogP) is 3.69. The van der Waals surface area contributed by atoms with Gasteiger partial charge in [-0.15, -0.1) is 11.3 Å². The number of nitrogens with one attached hydrogen (secondary N) is 1. The summed E-state index contributed by atoms with van der Waals surface area (Å²) >= 11 is 1.69. The third-order valence-electron chi connectivity index (χ3n) is 4.36. The lowest BCUT2D eigenvalue weighted by Gasteiger charge is -2.31. The Balaban J connectivity index is 1.70. The highest BCUT2D eigenvalue weighted by Gasteiger charge is 2.17. The Morgan fingerprint density at radius 1 is 1.38 bits per heavy atom. The Bertz CT molecular complexity index is 438. The summed E-state index contributed by atoms with van der Waals surface area (Å²) in [6.45, 7) is 3.85. The Hall–Kier alpha value is -0.870. The molecule has 1 saturated carbocycles. The van der Waals surface area contributed by atoms with E-state index >= 15 is 0 Å². The largest absolute Gasteiger partial charge is 0.351 e. The molecule has 118 valence electrons. The van der Waals surface area contributed by atoms with Gasteiger partial charge in [0.25, 0.3) is 5.91 Å². The summed E-state index contributed by atoms with van der Waals surface area (Å²) in [6, 6.07) is 2.75. The van der Waals surface area contributed by atoms with Crippen LogP contribution in [-0.2, 0) is 6.42 Å². The maximum absolute atomic E-state index is 12.1. The molecule has 21 heavy (non-hydrogen) atoms. The maximum Gasteiger partial charge on any atom is 0.252 e. The minimum absolute atomic E-state index is 0.0747. The van der Waals surface area contributed by atoms with Crippen molar-refractivity contribution >= 4 is 17.2 Å². The zero-order valence-corrected chi connectivity index (χ0v) is 14.2. The first-order valence-corrected chi connectivity index (χ1v) is 9.14. The van der Waals surface area contributed by atoms with Crippen LogP contribution in [0.15, 0.2) is 11.4 Å². The van der Waals surface area contributed by atoms with Crippen molar-refractivity contribution in [2.24, 2.45) is 0 Å². The number of rotatable bonds is 7. The summed E-state index contributed by atoms with van der Waals surface area (Å²) < 4.78 is 0. The number of carbonyl (C=O) groups excluding carboxylic acids is 1. The van der Waals surface area contributed by atoms with Crippen molar-refractivity contribution in [3.63, 3.8) is 0 Å². The molecule has 1 amide bonds. The summed E-state index contributed by atoms with van der Waals surface area (Å²) in [4.78, 5) is 15.8. The molecule has 1 fully saturated rings. The van der Waals surface area contributed by atoms with E-state index < -0.39 is 0 Å². The lowest BCUT2D eigenvalue weighted by Crippen LogP contribution is -2.39. The van der Waals surface area contributed by atoms with Crippen LogP contribution in [0.2, 0.25) is 0 Å². The molecule has 0 radical (unpaired) electrons. The second-order valence-electron chi connectivity index (χ2n) is 6.08. The quantitative estimate of drug-likeness (QED) is 0.833. The van der Waals surface area contributed by atoms with E-state index in [2.05, 4.69) is 24.2 Å². The summed E-state index contributed by atoms with van der Waals surface area (Å²) in [5.41, 5.74) is 0.823. The van der Waals surface area contributed by atoms with Gasteiger partial charge >= 0.3 is 0 Å². The first kappa shape index (κ1) is 16.5. The lowest BCUT2D eigenvalue weighted by atomic mass is 9.94.